The summed E-state index contributed by atoms with van der Waals surface area (Å²) in [6.45, 7) is 10.8. The number of nitrogens with zero attached hydrogens (tertiary/aromatic N) is 4. The molecule has 1 amide bonds. The molecule has 1 aliphatic heterocycles. The predicted octanol–water partition coefficient (Wildman–Crippen LogP) is 0.852. The second-order valence-corrected chi connectivity index (χ2v) is 4.70. The van der Waals surface area contributed by atoms with E-state index in [9.17, 15) is 4.79 Å². The lowest BCUT2D eigenvalue weighted by molar-refractivity contribution is 0.0636. The van der Waals surface area contributed by atoms with Gasteiger partial charge in [-0.3, -0.25) is 4.79 Å². The first-order valence-electron chi connectivity index (χ1n) is 6.94. The Balaban J connectivity index is 1.94. The highest BCUT2D eigenvalue weighted by Gasteiger charge is 2.22. The number of likely N-dealkylation sites (N-methyl/N-ethyl adjacent to an activating group) is 1. The molecule has 20 heavy (non-hydrogen) atoms. The second kappa shape index (κ2) is 7.00. The van der Waals surface area contributed by atoms with Crippen molar-refractivity contribution in [2.45, 2.75) is 6.92 Å². The predicted molar refractivity (Wildman–Crippen MR) is 78.7 cm³/mol. The zero-order valence-corrected chi connectivity index (χ0v) is 11.9. The molecule has 0 atom stereocenters. The number of amides is 1. The first kappa shape index (κ1) is 14.5. The normalized spacial score (nSPS) is 15.9. The van der Waals surface area contributed by atoms with Crippen LogP contribution in [0.5, 0.6) is 0 Å². The number of piperazine rings is 1. The first-order chi connectivity index (χ1) is 9.74. The summed E-state index contributed by atoms with van der Waals surface area (Å²) in [7, 11) is 0. The van der Waals surface area contributed by atoms with Crippen molar-refractivity contribution >= 4 is 11.7 Å². The van der Waals surface area contributed by atoms with Crippen LogP contribution in [0.4, 0.5) is 5.82 Å². The van der Waals surface area contributed by atoms with E-state index in [4.69, 9.17) is 0 Å². The van der Waals surface area contributed by atoms with Crippen LogP contribution < -0.4 is 5.32 Å². The topological polar surface area (TPSA) is 61.4 Å². The maximum atomic E-state index is 12.3. The molecular formula is C14H21N5O. The molecule has 1 aromatic rings. The molecule has 6 heteroatoms. The average molecular weight is 275 g/mol. The van der Waals surface area contributed by atoms with E-state index in [2.05, 4.69) is 33.9 Å². The number of aromatic nitrogens is 2. The minimum atomic E-state index is -0.0384. The maximum absolute atomic E-state index is 12.3. The summed E-state index contributed by atoms with van der Waals surface area (Å²) in [4.78, 5) is 16.5. The number of anilines is 1. The Hall–Kier alpha value is -1.95. The van der Waals surface area contributed by atoms with Crippen molar-refractivity contribution < 1.29 is 4.79 Å². The zero-order valence-electron chi connectivity index (χ0n) is 11.9. The number of carbonyl (C=O) groups excluding carboxylic acids is 1. The van der Waals surface area contributed by atoms with Gasteiger partial charge in [-0.15, -0.1) is 16.8 Å². The van der Waals surface area contributed by atoms with Crippen molar-refractivity contribution in [3.63, 3.8) is 0 Å². The van der Waals surface area contributed by atoms with Crippen LogP contribution in [0.2, 0.25) is 0 Å². The summed E-state index contributed by atoms with van der Waals surface area (Å²) < 4.78 is 0. The SMILES string of the molecule is C=CCNc1ccc(C(=O)N2CCN(CC)CC2)nn1. The third-order valence-electron chi connectivity index (χ3n) is 3.42. The lowest BCUT2D eigenvalue weighted by Crippen LogP contribution is -2.48. The van der Waals surface area contributed by atoms with Gasteiger partial charge in [0.2, 0.25) is 0 Å². The molecule has 0 radical (unpaired) electrons. The highest BCUT2D eigenvalue weighted by atomic mass is 16.2. The standard InChI is InChI=1S/C14H21N5O/c1-3-7-15-13-6-5-12(16-17-13)14(20)19-10-8-18(4-2)9-11-19/h3,5-6H,1,4,7-11H2,2H3,(H,15,17). The highest BCUT2D eigenvalue weighted by Crippen LogP contribution is 2.08. The van der Waals surface area contributed by atoms with Gasteiger partial charge in [0, 0.05) is 32.7 Å². The minimum absolute atomic E-state index is 0.0384. The molecule has 0 unspecified atom stereocenters. The van der Waals surface area contributed by atoms with Crippen molar-refractivity contribution in [2.75, 3.05) is 44.6 Å². The quantitative estimate of drug-likeness (QED) is 0.807. The summed E-state index contributed by atoms with van der Waals surface area (Å²) in [5.41, 5.74) is 0.402. The molecule has 1 fully saturated rings. The van der Waals surface area contributed by atoms with E-state index < -0.39 is 0 Å². The van der Waals surface area contributed by atoms with Gasteiger partial charge in [-0.1, -0.05) is 13.0 Å². The van der Waals surface area contributed by atoms with Gasteiger partial charge in [0.15, 0.2) is 5.69 Å². The molecule has 0 spiro atoms. The summed E-state index contributed by atoms with van der Waals surface area (Å²) in [6, 6.07) is 3.49. The van der Waals surface area contributed by atoms with Crippen LogP contribution in [-0.2, 0) is 0 Å². The summed E-state index contributed by atoms with van der Waals surface area (Å²) in [5, 5.41) is 11.0. The fraction of sp³-hybridized carbons (Fsp3) is 0.500. The van der Waals surface area contributed by atoms with E-state index in [1.165, 1.54) is 0 Å². The van der Waals surface area contributed by atoms with Crippen LogP contribution in [0.3, 0.4) is 0 Å². The van der Waals surface area contributed by atoms with Gasteiger partial charge in [0.1, 0.15) is 5.82 Å². The van der Waals surface area contributed by atoms with Gasteiger partial charge < -0.3 is 15.1 Å². The van der Waals surface area contributed by atoms with Crippen LogP contribution in [0.15, 0.2) is 24.8 Å². The molecule has 1 saturated heterocycles. The van der Waals surface area contributed by atoms with Crippen LogP contribution in [-0.4, -0.2) is 65.2 Å². The molecule has 0 saturated carbocycles. The smallest absolute Gasteiger partial charge is 0.274 e. The summed E-state index contributed by atoms with van der Waals surface area (Å²) in [6.07, 6.45) is 1.74. The number of hydrogen-bond donors (Lipinski definition) is 1. The van der Waals surface area contributed by atoms with Crippen LogP contribution in [0.25, 0.3) is 0 Å². The largest absolute Gasteiger partial charge is 0.365 e. The van der Waals surface area contributed by atoms with E-state index in [1.807, 2.05) is 4.90 Å². The van der Waals surface area contributed by atoms with E-state index in [0.29, 0.717) is 18.1 Å². The van der Waals surface area contributed by atoms with Crippen LogP contribution in [0, 0.1) is 0 Å². The lowest BCUT2D eigenvalue weighted by atomic mass is 10.2. The van der Waals surface area contributed by atoms with Crippen molar-refractivity contribution in [3.05, 3.63) is 30.5 Å². The van der Waals surface area contributed by atoms with Gasteiger partial charge >= 0.3 is 0 Å². The first-order valence-corrected chi connectivity index (χ1v) is 6.94. The molecule has 108 valence electrons. The van der Waals surface area contributed by atoms with E-state index in [1.54, 1.807) is 18.2 Å². The number of carbonyl (C=O) groups is 1. The molecule has 6 nitrogen and oxygen atoms in total. The molecule has 0 bridgehead atoms. The van der Waals surface area contributed by atoms with Crippen molar-refractivity contribution in [2.24, 2.45) is 0 Å². The minimum Gasteiger partial charge on any atom is -0.365 e. The van der Waals surface area contributed by atoms with Gasteiger partial charge in [-0.25, -0.2) is 0 Å². The molecule has 2 rings (SSSR count). The zero-order chi connectivity index (χ0) is 14.4. The number of hydrogen-bond acceptors (Lipinski definition) is 5. The Bertz CT molecular complexity index is 451. The van der Waals surface area contributed by atoms with Crippen LogP contribution >= 0.6 is 0 Å². The average Bonchev–Trinajstić information content (AvgIpc) is 2.53. The van der Waals surface area contributed by atoms with Gasteiger partial charge in [-0.05, 0) is 18.7 Å². The Morgan fingerprint density at radius 3 is 2.65 bits per heavy atom. The Kier molecular flexibility index (Phi) is 5.06. The summed E-state index contributed by atoms with van der Waals surface area (Å²) >= 11 is 0. The van der Waals surface area contributed by atoms with Gasteiger partial charge in [0.25, 0.3) is 5.91 Å². The third kappa shape index (κ3) is 3.54. The molecule has 0 aromatic carbocycles. The Labute approximate surface area is 119 Å². The number of nitrogens with one attached hydrogen (secondary N) is 1. The second-order valence-electron chi connectivity index (χ2n) is 4.70. The Morgan fingerprint density at radius 1 is 1.35 bits per heavy atom. The third-order valence-corrected chi connectivity index (χ3v) is 3.42. The molecule has 1 aliphatic rings. The van der Waals surface area contributed by atoms with E-state index >= 15 is 0 Å². The monoisotopic (exact) mass is 275 g/mol. The van der Waals surface area contributed by atoms with Crippen molar-refractivity contribution in [1.29, 1.82) is 0 Å². The molecule has 0 aliphatic carbocycles. The molecule has 1 N–H and O–H groups in total. The highest BCUT2D eigenvalue weighted by molar-refractivity contribution is 5.92. The lowest BCUT2D eigenvalue weighted by Gasteiger charge is -2.33. The Morgan fingerprint density at radius 2 is 2.10 bits per heavy atom. The molecule has 1 aromatic heterocycles. The summed E-state index contributed by atoms with van der Waals surface area (Å²) in [5.74, 6) is 0.612. The fourth-order valence-corrected chi connectivity index (χ4v) is 2.15. The van der Waals surface area contributed by atoms with Crippen LogP contribution in [0.1, 0.15) is 17.4 Å². The number of rotatable bonds is 5. The van der Waals surface area contributed by atoms with E-state index in [-0.39, 0.29) is 5.91 Å². The maximum Gasteiger partial charge on any atom is 0.274 e. The fourth-order valence-electron chi connectivity index (χ4n) is 2.15. The van der Waals surface area contributed by atoms with E-state index in [0.717, 1.165) is 32.7 Å². The molecule has 2 heterocycles. The molecular weight excluding hydrogens is 254 g/mol. The van der Waals surface area contributed by atoms with Gasteiger partial charge in [0.05, 0.1) is 0 Å². The van der Waals surface area contributed by atoms with Crippen molar-refractivity contribution in [1.82, 2.24) is 20.0 Å². The van der Waals surface area contributed by atoms with Gasteiger partial charge in [-0.2, -0.15) is 0 Å². The van der Waals surface area contributed by atoms with Crippen molar-refractivity contribution in [3.8, 4) is 0 Å².